The van der Waals surface area contributed by atoms with Crippen molar-refractivity contribution in [2.45, 2.75) is 43.5 Å². The van der Waals surface area contributed by atoms with Gasteiger partial charge in [0, 0.05) is 18.8 Å². The van der Waals surface area contributed by atoms with Crippen LogP contribution in [0.1, 0.15) is 32.6 Å². The molecule has 6 heteroatoms. The van der Waals surface area contributed by atoms with Gasteiger partial charge in [0.15, 0.2) is 0 Å². The van der Waals surface area contributed by atoms with Gasteiger partial charge in [-0.05, 0) is 25.8 Å². The van der Waals surface area contributed by atoms with Gasteiger partial charge in [0.05, 0.1) is 11.9 Å². The summed E-state index contributed by atoms with van der Waals surface area (Å²) < 4.78 is 27.1. The molecule has 0 aromatic carbocycles. The van der Waals surface area contributed by atoms with Gasteiger partial charge in [-0.15, -0.1) is 0 Å². The van der Waals surface area contributed by atoms with Gasteiger partial charge in [0.1, 0.15) is 4.90 Å². The van der Waals surface area contributed by atoms with E-state index < -0.39 is 10.0 Å². The highest BCUT2D eigenvalue weighted by Crippen LogP contribution is 2.21. The lowest BCUT2D eigenvalue weighted by atomic mass is 10.3. The lowest BCUT2D eigenvalue weighted by Gasteiger charge is -2.13. The average Bonchev–Trinajstić information content (AvgIpc) is 2.82. The van der Waals surface area contributed by atoms with Gasteiger partial charge in [-0.25, -0.2) is 13.1 Å². The van der Waals surface area contributed by atoms with E-state index in [9.17, 15) is 8.42 Å². The van der Waals surface area contributed by atoms with Crippen LogP contribution < -0.4 is 10.0 Å². The van der Waals surface area contributed by atoms with E-state index in [1.54, 1.807) is 12.3 Å². The first kappa shape index (κ1) is 13.3. The zero-order valence-corrected chi connectivity index (χ0v) is 11.3. The van der Waals surface area contributed by atoms with Gasteiger partial charge in [-0.3, -0.25) is 4.98 Å². The largest absolute Gasteiger partial charge is 0.384 e. The van der Waals surface area contributed by atoms with Gasteiger partial charge in [0.25, 0.3) is 0 Å². The Hall–Kier alpha value is -1.14. The molecule has 18 heavy (non-hydrogen) atoms. The van der Waals surface area contributed by atoms with Crippen LogP contribution in [0.3, 0.4) is 0 Å². The Labute approximate surface area is 108 Å². The minimum absolute atomic E-state index is 0.0813. The van der Waals surface area contributed by atoms with Crippen LogP contribution in [0.4, 0.5) is 5.69 Å². The Morgan fingerprint density at radius 2 is 2.06 bits per heavy atom. The summed E-state index contributed by atoms with van der Waals surface area (Å²) in [6.45, 7) is 2.69. The minimum atomic E-state index is -3.44. The summed E-state index contributed by atoms with van der Waals surface area (Å²) in [5, 5.41) is 3.06. The number of rotatable bonds is 5. The lowest BCUT2D eigenvalue weighted by Crippen LogP contribution is -2.32. The van der Waals surface area contributed by atoms with Crippen molar-refractivity contribution in [3.8, 4) is 0 Å². The molecule has 5 nitrogen and oxygen atoms in total. The first-order chi connectivity index (χ1) is 8.62. The van der Waals surface area contributed by atoms with Crippen molar-refractivity contribution in [1.29, 1.82) is 0 Å². The Balaban J connectivity index is 2.15. The molecule has 1 aliphatic rings. The predicted octanol–water partition coefficient (Wildman–Crippen LogP) is 1.73. The molecule has 1 fully saturated rings. The maximum Gasteiger partial charge on any atom is 0.242 e. The van der Waals surface area contributed by atoms with Crippen molar-refractivity contribution in [3.63, 3.8) is 0 Å². The summed E-state index contributed by atoms with van der Waals surface area (Å²) >= 11 is 0. The molecule has 100 valence electrons. The van der Waals surface area contributed by atoms with E-state index in [0.717, 1.165) is 37.9 Å². The molecule has 0 amide bonds. The summed E-state index contributed by atoms with van der Waals surface area (Å²) in [5.74, 6) is 0. The Bertz CT molecular complexity index is 496. The SMILES string of the molecule is CCNc1cncc(S(=O)(=O)NC2CCCC2)c1. The van der Waals surface area contributed by atoms with Crippen molar-refractivity contribution in [2.24, 2.45) is 0 Å². The Kier molecular flexibility index (Phi) is 4.19. The lowest BCUT2D eigenvalue weighted by molar-refractivity contribution is 0.552. The zero-order valence-electron chi connectivity index (χ0n) is 10.5. The quantitative estimate of drug-likeness (QED) is 0.854. The molecule has 1 saturated carbocycles. The maximum atomic E-state index is 12.2. The second-order valence-electron chi connectivity index (χ2n) is 4.54. The standard InChI is InChI=1S/C12H19N3O2S/c1-2-14-11-7-12(9-13-8-11)18(16,17)15-10-5-3-4-6-10/h7-10,14-15H,2-6H2,1H3. The highest BCUT2D eigenvalue weighted by Gasteiger charge is 2.23. The first-order valence-corrected chi connectivity index (χ1v) is 7.81. The zero-order chi connectivity index (χ0) is 13.0. The number of anilines is 1. The minimum Gasteiger partial charge on any atom is -0.384 e. The fourth-order valence-corrected chi connectivity index (χ4v) is 3.49. The second kappa shape index (κ2) is 5.67. The molecular weight excluding hydrogens is 250 g/mol. The molecule has 1 aromatic heterocycles. The molecule has 0 saturated heterocycles. The molecule has 1 heterocycles. The van der Waals surface area contributed by atoms with E-state index in [4.69, 9.17) is 0 Å². The third kappa shape index (κ3) is 3.20. The van der Waals surface area contributed by atoms with Gasteiger partial charge < -0.3 is 5.32 Å². The van der Waals surface area contributed by atoms with Crippen molar-refractivity contribution < 1.29 is 8.42 Å². The van der Waals surface area contributed by atoms with Crippen LogP contribution in [0, 0.1) is 0 Å². The second-order valence-corrected chi connectivity index (χ2v) is 6.26. The number of hydrogen-bond acceptors (Lipinski definition) is 4. The summed E-state index contributed by atoms with van der Waals surface area (Å²) in [4.78, 5) is 4.19. The van der Waals surface area contributed by atoms with Gasteiger partial charge in [0.2, 0.25) is 10.0 Å². The van der Waals surface area contributed by atoms with Crippen LogP contribution in [-0.4, -0.2) is 26.0 Å². The Morgan fingerprint density at radius 1 is 1.33 bits per heavy atom. The maximum absolute atomic E-state index is 12.2. The summed E-state index contributed by atoms with van der Waals surface area (Å²) in [5.41, 5.74) is 0.729. The van der Waals surface area contributed by atoms with Crippen molar-refractivity contribution >= 4 is 15.7 Å². The van der Waals surface area contributed by atoms with Crippen LogP contribution in [0.2, 0.25) is 0 Å². The highest BCUT2D eigenvalue weighted by molar-refractivity contribution is 7.89. The molecule has 2 rings (SSSR count). The number of pyridine rings is 1. The van der Waals surface area contributed by atoms with Crippen LogP contribution in [0.15, 0.2) is 23.4 Å². The highest BCUT2D eigenvalue weighted by atomic mass is 32.2. The van der Waals surface area contributed by atoms with Crippen LogP contribution >= 0.6 is 0 Å². The van der Waals surface area contributed by atoms with E-state index in [-0.39, 0.29) is 10.9 Å². The van der Waals surface area contributed by atoms with Gasteiger partial charge >= 0.3 is 0 Å². The molecule has 0 unspecified atom stereocenters. The molecule has 0 atom stereocenters. The van der Waals surface area contributed by atoms with Crippen LogP contribution in [-0.2, 0) is 10.0 Å². The summed E-state index contributed by atoms with van der Waals surface area (Å²) in [6.07, 6.45) is 7.07. The number of nitrogens with zero attached hydrogens (tertiary/aromatic N) is 1. The molecule has 1 aliphatic carbocycles. The molecule has 2 N–H and O–H groups in total. The molecule has 0 bridgehead atoms. The van der Waals surface area contributed by atoms with Crippen molar-refractivity contribution in [2.75, 3.05) is 11.9 Å². The van der Waals surface area contributed by atoms with Gasteiger partial charge in [-0.1, -0.05) is 12.8 Å². The Morgan fingerprint density at radius 3 is 2.72 bits per heavy atom. The van der Waals surface area contributed by atoms with Crippen molar-refractivity contribution in [1.82, 2.24) is 9.71 Å². The number of aromatic nitrogens is 1. The number of nitrogens with one attached hydrogen (secondary N) is 2. The average molecular weight is 269 g/mol. The topological polar surface area (TPSA) is 71.1 Å². The predicted molar refractivity (Wildman–Crippen MR) is 71.0 cm³/mol. The van der Waals surface area contributed by atoms with E-state index in [2.05, 4.69) is 15.0 Å². The van der Waals surface area contributed by atoms with Crippen molar-refractivity contribution in [3.05, 3.63) is 18.5 Å². The fourth-order valence-electron chi connectivity index (χ4n) is 2.20. The van der Waals surface area contributed by atoms with Crippen LogP contribution in [0.25, 0.3) is 0 Å². The molecule has 0 spiro atoms. The fraction of sp³-hybridized carbons (Fsp3) is 0.583. The monoisotopic (exact) mass is 269 g/mol. The molecular formula is C12H19N3O2S. The third-order valence-electron chi connectivity index (χ3n) is 3.08. The smallest absolute Gasteiger partial charge is 0.242 e. The van der Waals surface area contributed by atoms with E-state index in [0.29, 0.717) is 0 Å². The number of sulfonamides is 1. The van der Waals surface area contributed by atoms with E-state index >= 15 is 0 Å². The molecule has 0 radical (unpaired) electrons. The van der Waals surface area contributed by atoms with Crippen LogP contribution in [0.5, 0.6) is 0 Å². The normalized spacial score (nSPS) is 16.9. The third-order valence-corrected chi connectivity index (χ3v) is 4.57. The van der Waals surface area contributed by atoms with E-state index in [1.807, 2.05) is 6.92 Å². The summed E-state index contributed by atoms with van der Waals surface area (Å²) in [7, 11) is -3.44. The molecule has 0 aliphatic heterocycles. The van der Waals surface area contributed by atoms with E-state index in [1.165, 1.54) is 6.20 Å². The summed E-state index contributed by atoms with van der Waals surface area (Å²) in [6, 6.07) is 1.70. The number of hydrogen-bond donors (Lipinski definition) is 2. The molecule has 1 aromatic rings. The van der Waals surface area contributed by atoms with Gasteiger partial charge in [-0.2, -0.15) is 0 Å². The first-order valence-electron chi connectivity index (χ1n) is 6.33.